The van der Waals surface area contributed by atoms with Crippen LogP contribution in [0.1, 0.15) is 61.9 Å². The number of amides is 2. The van der Waals surface area contributed by atoms with Gasteiger partial charge in [-0.15, -0.1) is 0 Å². The lowest BCUT2D eigenvalue weighted by atomic mass is 9.88. The Balaban J connectivity index is 1.80. The van der Waals surface area contributed by atoms with Gasteiger partial charge >= 0.3 is 0 Å². The van der Waals surface area contributed by atoms with E-state index < -0.39 is 0 Å². The molecule has 1 aromatic rings. The molecule has 126 valence electrons. The molecule has 1 aliphatic rings. The molecule has 1 saturated carbocycles. The van der Waals surface area contributed by atoms with E-state index in [2.05, 4.69) is 24.5 Å². The van der Waals surface area contributed by atoms with Gasteiger partial charge in [0.25, 0.3) is 5.91 Å². The maximum atomic E-state index is 12.1. The quantitative estimate of drug-likeness (QED) is 0.846. The van der Waals surface area contributed by atoms with Gasteiger partial charge in [-0.1, -0.05) is 45.2 Å². The van der Waals surface area contributed by atoms with Crippen LogP contribution in [0.25, 0.3) is 0 Å². The lowest BCUT2D eigenvalue weighted by Crippen LogP contribution is -2.31. The SMILES string of the molecule is CC(C)CNC(=O)c1ccc(CNC(=O)C2CCCCC2)cc1. The molecule has 2 amide bonds. The lowest BCUT2D eigenvalue weighted by Gasteiger charge is -2.20. The third-order valence-electron chi connectivity index (χ3n) is 4.33. The molecular weight excluding hydrogens is 288 g/mol. The minimum absolute atomic E-state index is 0.0449. The first kappa shape index (κ1) is 17.5. The van der Waals surface area contributed by atoms with Crippen LogP contribution in [-0.2, 0) is 11.3 Å². The molecule has 4 nitrogen and oxygen atoms in total. The van der Waals surface area contributed by atoms with E-state index in [0.29, 0.717) is 24.6 Å². The van der Waals surface area contributed by atoms with Crippen molar-refractivity contribution in [1.82, 2.24) is 10.6 Å². The van der Waals surface area contributed by atoms with E-state index in [4.69, 9.17) is 0 Å². The number of carbonyl (C=O) groups excluding carboxylic acids is 2. The zero-order valence-electron chi connectivity index (χ0n) is 14.2. The molecule has 0 heterocycles. The number of hydrogen-bond donors (Lipinski definition) is 2. The molecule has 0 saturated heterocycles. The van der Waals surface area contributed by atoms with E-state index in [9.17, 15) is 9.59 Å². The van der Waals surface area contributed by atoms with Crippen LogP contribution in [-0.4, -0.2) is 18.4 Å². The molecule has 1 fully saturated rings. The summed E-state index contributed by atoms with van der Waals surface area (Å²) in [6, 6.07) is 7.45. The number of benzene rings is 1. The van der Waals surface area contributed by atoms with Crippen molar-refractivity contribution in [3.8, 4) is 0 Å². The molecule has 0 bridgehead atoms. The molecule has 0 unspecified atom stereocenters. The number of hydrogen-bond acceptors (Lipinski definition) is 2. The Bertz CT molecular complexity index is 517. The van der Waals surface area contributed by atoms with E-state index in [0.717, 1.165) is 31.2 Å². The molecule has 0 spiro atoms. The molecular formula is C19H28N2O2. The molecule has 1 aliphatic carbocycles. The second-order valence-electron chi connectivity index (χ2n) is 6.85. The van der Waals surface area contributed by atoms with Crippen LogP contribution in [0.2, 0.25) is 0 Å². The smallest absolute Gasteiger partial charge is 0.251 e. The third-order valence-corrected chi connectivity index (χ3v) is 4.33. The first-order valence-corrected chi connectivity index (χ1v) is 8.71. The van der Waals surface area contributed by atoms with Gasteiger partial charge in [-0.25, -0.2) is 0 Å². The molecule has 4 heteroatoms. The predicted octanol–water partition coefficient (Wildman–Crippen LogP) is 3.27. The van der Waals surface area contributed by atoms with Gasteiger partial charge in [-0.3, -0.25) is 9.59 Å². The van der Waals surface area contributed by atoms with Crippen LogP contribution >= 0.6 is 0 Å². The first-order valence-electron chi connectivity index (χ1n) is 8.71. The first-order chi connectivity index (χ1) is 11.1. The Hall–Kier alpha value is -1.84. The molecule has 1 aromatic carbocycles. The van der Waals surface area contributed by atoms with E-state index in [1.54, 1.807) is 0 Å². The summed E-state index contributed by atoms with van der Waals surface area (Å²) in [5, 5.41) is 5.92. The van der Waals surface area contributed by atoms with Gasteiger partial charge in [0.1, 0.15) is 0 Å². The molecule has 2 rings (SSSR count). The highest BCUT2D eigenvalue weighted by atomic mass is 16.2. The van der Waals surface area contributed by atoms with Crippen molar-refractivity contribution in [1.29, 1.82) is 0 Å². The summed E-state index contributed by atoms with van der Waals surface area (Å²) in [5.41, 5.74) is 1.68. The second kappa shape index (κ2) is 8.70. The van der Waals surface area contributed by atoms with Crippen LogP contribution in [0.15, 0.2) is 24.3 Å². The van der Waals surface area contributed by atoms with Crippen molar-refractivity contribution in [3.05, 3.63) is 35.4 Å². The van der Waals surface area contributed by atoms with Gasteiger partial charge in [0.15, 0.2) is 0 Å². The van der Waals surface area contributed by atoms with Crippen LogP contribution in [0, 0.1) is 11.8 Å². The Kier molecular flexibility index (Phi) is 6.63. The van der Waals surface area contributed by atoms with Crippen molar-refractivity contribution in [2.24, 2.45) is 11.8 Å². The Labute approximate surface area is 139 Å². The van der Waals surface area contributed by atoms with Crippen LogP contribution in [0.4, 0.5) is 0 Å². The summed E-state index contributed by atoms with van der Waals surface area (Å²) < 4.78 is 0. The third kappa shape index (κ3) is 5.70. The van der Waals surface area contributed by atoms with Crippen molar-refractivity contribution < 1.29 is 9.59 Å². The van der Waals surface area contributed by atoms with Crippen LogP contribution in [0.5, 0.6) is 0 Å². The average molecular weight is 316 g/mol. The van der Waals surface area contributed by atoms with E-state index in [1.807, 2.05) is 24.3 Å². The summed E-state index contributed by atoms with van der Waals surface area (Å²) >= 11 is 0. The molecule has 0 atom stereocenters. The van der Waals surface area contributed by atoms with Crippen molar-refractivity contribution in [3.63, 3.8) is 0 Å². The monoisotopic (exact) mass is 316 g/mol. The maximum Gasteiger partial charge on any atom is 0.251 e. The van der Waals surface area contributed by atoms with E-state index >= 15 is 0 Å². The molecule has 0 radical (unpaired) electrons. The van der Waals surface area contributed by atoms with Gasteiger partial charge in [0.2, 0.25) is 5.91 Å². The zero-order valence-corrected chi connectivity index (χ0v) is 14.2. The molecule has 0 aliphatic heterocycles. The van der Waals surface area contributed by atoms with Gasteiger partial charge in [-0.05, 0) is 36.5 Å². The predicted molar refractivity (Wildman–Crippen MR) is 92.0 cm³/mol. The highest BCUT2D eigenvalue weighted by molar-refractivity contribution is 5.94. The number of rotatable bonds is 6. The standard InChI is InChI=1S/C19H28N2O2/c1-14(2)12-20-19(23)17-10-8-15(9-11-17)13-21-18(22)16-6-4-3-5-7-16/h8-11,14,16H,3-7,12-13H2,1-2H3,(H,20,23)(H,21,22). The molecule has 23 heavy (non-hydrogen) atoms. The maximum absolute atomic E-state index is 12.1. The molecule has 2 N–H and O–H groups in total. The molecule has 0 aromatic heterocycles. The second-order valence-corrected chi connectivity index (χ2v) is 6.85. The fraction of sp³-hybridized carbons (Fsp3) is 0.579. The van der Waals surface area contributed by atoms with E-state index in [-0.39, 0.29) is 17.7 Å². The topological polar surface area (TPSA) is 58.2 Å². The fourth-order valence-electron chi connectivity index (χ4n) is 2.87. The summed E-state index contributed by atoms with van der Waals surface area (Å²) in [7, 11) is 0. The van der Waals surface area contributed by atoms with E-state index in [1.165, 1.54) is 6.42 Å². The van der Waals surface area contributed by atoms with Gasteiger partial charge < -0.3 is 10.6 Å². The Morgan fingerprint density at radius 3 is 2.30 bits per heavy atom. The highest BCUT2D eigenvalue weighted by Crippen LogP contribution is 2.23. The van der Waals surface area contributed by atoms with Crippen molar-refractivity contribution >= 4 is 11.8 Å². The fourth-order valence-corrected chi connectivity index (χ4v) is 2.87. The normalized spacial score (nSPS) is 15.4. The lowest BCUT2D eigenvalue weighted by molar-refractivity contribution is -0.126. The summed E-state index contributed by atoms with van der Waals surface area (Å²) in [5.74, 6) is 0.748. The summed E-state index contributed by atoms with van der Waals surface area (Å²) in [4.78, 5) is 24.1. The number of nitrogens with one attached hydrogen (secondary N) is 2. The van der Waals surface area contributed by atoms with Crippen molar-refractivity contribution in [2.75, 3.05) is 6.54 Å². The Morgan fingerprint density at radius 1 is 1.04 bits per heavy atom. The zero-order chi connectivity index (χ0) is 16.7. The van der Waals surface area contributed by atoms with Gasteiger partial charge in [-0.2, -0.15) is 0 Å². The summed E-state index contributed by atoms with van der Waals surface area (Å²) in [6.45, 7) is 5.35. The van der Waals surface area contributed by atoms with Crippen LogP contribution < -0.4 is 10.6 Å². The van der Waals surface area contributed by atoms with Gasteiger partial charge in [0, 0.05) is 24.6 Å². The highest BCUT2D eigenvalue weighted by Gasteiger charge is 2.20. The van der Waals surface area contributed by atoms with Gasteiger partial charge in [0.05, 0.1) is 0 Å². The Morgan fingerprint density at radius 2 is 1.70 bits per heavy atom. The minimum Gasteiger partial charge on any atom is -0.352 e. The number of carbonyl (C=O) groups is 2. The van der Waals surface area contributed by atoms with Crippen LogP contribution in [0.3, 0.4) is 0 Å². The summed E-state index contributed by atoms with van der Waals surface area (Å²) in [6.07, 6.45) is 5.61. The average Bonchev–Trinajstić information content (AvgIpc) is 2.58. The van der Waals surface area contributed by atoms with Crippen molar-refractivity contribution in [2.45, 2.75) is 52.5 Å². The minimum atomic E-state index is -0.0449. The largest absolute Gasteiger partial charge is 0.352 e.